The fourth-order valence-corrected chi connectivity index (χ4v) is 1.85. The molecule has 0 saturated carbocycles. The van der Waals surface area contributed by atoms with Gasteiger partial charge in [0.05, 0.1) is 5.75 Å². The first-order valence-corrected chi connectivity index (χ1v) is 6.88. The third kappa shape index (κ3) is 5.37. The summed E-state index contributed by atoms with van der Waals surface area (Å²) >= 11 is 0. The van der Waals surface area contributed by atoms with Gasteiger partial charge in [-0.2, -0.15) is 0 Å². The number of aryl methyl sites for hydroxylation is 1. The van der Waals surface area contributed by atoms with E-state index in [1.54, 1.807) is 6.20 Å². The molecule has 15 heavy (non-hydrogen) atoms. The third-order valence-corrected chi connectivity index (χ3v) is 2.94. The number of aromatic nitrogens is 1. The van der Waals surface area contributed by atoms with E-state index in [1.165, 1.54) is 6.26 Å². The van der Waals surface area contributed by atoms with Crippen molar-refractivity contribution in [2.45, 2.75) is 13.3 Å². The largest absolute Gasteiger partial charge is 0.370 e. The smallest absolute Gasteiger partial charge is 0.147 e. The SMILES string of the molecule is Cc1ccnc(NCCCS(C)(=O)=O)c1. The quantitative estimate of drug-likeness (QED) is 0.770. The second-order valence-electron chi connectivity index (χ2n) is 3.63. The van der Waals surface area contributed by atoms with Crippen molar-refractivity contribution in [3.05, 3.63) is 23.9 Å². The first kappa shape index (κ1) is 12.0. The Morgan fingerprint density at radius 2 is 2.20 bits per heavy atom. The summed E-state index contributed by atoms with van der Waals surface area (Å²) in [6.07, 6.45) is 3.58. The van der Waals surface area contributed by atoms with Crippen molar-refractivity contribution in [3.63, 3.8) is 0 Å². The minimum atomic E-state index is -2.85. The molecule has 0 unspecified atom stereocenters. The van der Waals surface area contributed by atoms with Crippen LogP contribution in [0.25, 0.3) is 0 Å². The zero-order valence-electron chi connectivity index (χ0n) is 9.03. The molecular formula is C10H16N2O2S. The van der Waals surface area contributed by atoms with Crippen molar-refractivity contribution >= 4 is 15.7 Å². The summed E-state index contributed by atoms with van der Waals surface area (Å²) in [6.45, 7) is 2.62. The molecule has 1 aromatic rings. The van der Waals surface area contributed by atoms with Crippen LogP contribution in [0.3, 0.4) is 0 Å². The lowest BCUT2D eigenvalue weighted by Crippen LogP contribution is -2.10. The van der Waals surface area contributed by atoms with Crippen LogP contribution in [0.2, 0.25) is 0 Å². The summed E-state index contributed by atoms with van der Waals surface area (Å²) in [7, 11) is -2.85. The van der Waals surface area contributed by atoms with E-state index in [0.717, 1.165) is 11.4 Å². The van der Waals surface area contributed by atoms with Gasteiger partial charge in [0, 0.05) is 19.0 Å². The monoisotopic (exact) mass is 228 g/mol. The van der Waals surface area contributed by atoms with E-state index >= 15 is 0 Å². The van der Waals surface area contributed by atoms with Gasteiger partial charge in [-0.3, -0.25) is 0 Å². The highest BCUT2D eigenvalue weighted by Crippen LogP contribution is 2.04. The second-order valence-corrected chi connectivity index (χ2v) is 5.89. The van der Waals surface area contributed by atoms with Crippen molar-refractivity contribution in [2.75, 3.05) is 23.9 Å². The lowest BCUT2D eigenvalue weighted by atomic mass is 10.3. The van der Waals surface area contributed by atoms with Crippen LogP contribution < -0.4 is 5.32 Å². The maximum atomic E-state index is 10.9. The number of rotatable bonds is 5. The van der Waals surface area contributed by atoms with Gasteiger partial charge in [-0.05, 0) is 31.0 Å². The molecule has 0 fully saturated rings. The zero-order valence-corrected chi connectivity index (χ0v) is 9.84. The highest BCUT2D eigenvalue weighted by molar-refractivity contribution is 7.90. The topological polar surface area (TPSA) is 59.1 Å². The van der Waals surface area contributed by atoms with Gasteiger partial charge in [0.15, 0.2) is 0 Å². The maximum absolute atomic E-state index is 10.9. The number of pyridine rings is 1. The average Bonchev–Trinajstić information content (AvgIpc) is 2.11. The third-order valence-electron chi connectivity index (χ3n) is 1.91. The number of nitrogens with one attached hydrogen (secondary N) is 1. The number of hydrogen-bond donors (Lipinski definition) is 1. The minimum Gasteiger partial charge on any atom is -0.370 e. The van der Waals surface area contributed by atoms with Crippen LogP contribution in [0.1, 0.15) is 12.0 Å². The van der Waals surface area contributed by atoms with E-state index in [4.69, 9.17) is 0 Å². The molecule has 0 amide bonds. The maximum Gasteiger partial charge on any atom is 0.147 e. The van der Waals surface area contributed by atoms with E-state index in [2.05, 4.69) is 10.3 Å². The summed E-state index contributed by atoms with van der Waals surface area (Å²) < 4.78 is 21.7. The Morgan fingerprint density at radius 3 is 2.80 bits per heavy atom. The van der Waals surface area contributed by atoms with Gasteiger partial charge in [-0.1, -0.05) is 0 Å². The van der Waals surface area contributed by atoms with E-state index in [0.29, 0.717) is 13.0 Å². The number of sulfone groups is 1. The fourth-order valence-electron chi connectivity index (χ4n) is 1.18. The zero-order chi connectivity index (χ0) is 11.3. The molecule has 5 heteroatoms. The van der Waals surface area contributed by atoms with Gasteiger partial charge < -0.3 is 5.32 Å². The van der Waals surface area contributed by atoms with Crippen LogP contribution >= 0.6 is 0 Å². The van der Waals surface area contributed by atoms with E-state index < -0.39 is 9.84 Å². The Labute approximate surface area is 90.7 Å². The first-order chi connectivity index (χ1) is 6.97. The molecule has 0 aliphatic heterocycles. The predicted octanol–water partition coefficient (Wildman–Crippen LogP) is 1.24. The molecule has 1 aromatic heterocycles. The van der Waals surface area contributed by atoms with Crippen LogP contribution in [0.5, 0.6) is 0 Å². The van der Waals surface area contributed by atoms with Crippen LogP contribution in [-0.4, -0.2) is 32.0 Å². The number of anilines is 1. The molecule has 0 radical (unpaired) electrons. The average molecular weight is 228 g/mol. The highest BCUT2D eigenvalue weighted by atomic mass is 32.2. The standard InChI is InChI=1S/C10H16N2O2S/c1-9-4-6-12-10(8-9)11-5-3-7-15(2,13)14/h4,6,8H,3,5,7H2,1-2H3,(H,11,12). The summed E-state index contributed by atoms with van der Waals surface area (Å²) in [4.78, 5) is 4.11. The lowest BCUT2D eigenvalue weighted by Gasteiger charge is -2.05. The van der Waals surface area contributed by atoms with Crippen molar-refractivity contribution < 1.29 is 8.42 Å². The van der Waals surface area contributed by atoms with Crippen molar-refractivity contribution in [1.29, 1.82) is 0 Å². The summed E-state index contributed by atoms with van der Waals surface area (Å²) in [5.74, 6) is 1.01. The van der Waals surface area contributed by atoms with E-state index in [9.17, 15) is 8.42 Å². The van der Waals surface area contributed by atoms with Gasteiger partial charge in [0.25, 0.3) is 0 Å². The molecule has 0 aliphatic rings. The summed E-state index contributed by atoms with van der Waals surface area (Å²) in [6, 6.07) is 3.85. The Bertz CT molecular complexity index is 415. The molecule has 1 N–H and O–H groups in total. The number of nitrogens with zero attached hydrogens (tertiary/aromatic N) is 1. The molecule has 0 aliphatic carbocycles. The highest BCUT2D eigenvalue weighted by Gasteiger charge is 2.01. The van der Waals surface area contributed by atoms with E-state index in [1.807, 2.05) is 19.1 Å². The van der Waals surface area contributed by atoms with Crippen LogP contribution in [0.15, 0.2) is 18.3 Å². The van der Waals surface area contributed by atoms with Crippen molar-refractivity contribution in [2.24, 2.45) is 0 Å². The molecule has 84 valence electrons. The first-order valence-electron chi connectivity index (χ1n) is 4.81. The fraction of sp³-hybridized carbons (Fsp3) is 0.500. The molecule has 1 rings (SSSR count). The van der Waals surface area contributed by atoms with Gasteiger partial charge in [0.1, 0.15) is 15.7 Å². The molecular weight excluding hydrogens is 212 g/mol. The predicted molar refractivity (Wildman–Crippen MR) is 61.8 cm³/mol. The van der Waals surface area contributed by atoms with Crippen molar-refractivity contribution in [1.82, 2.24) is 4.98 Å². The Morgan fingerprint density at radius 1 is 1.47 bits per heavy atom. The molecule has 0 aromatic carbocycles. The molecule has 0 spiro atoms. The summed E-state index contributed by atoms with van der Waals surface area (Å²) in [5.41, 5.74) is 1.13. The Balaban J connectivity index is 2.32. The number of hydrogen-bond acceptors (Lipinski definition) is 4. The van der Waals surface area contributed by atoms with Gasteiger partial charge in [-0.15, -0.1) is 0 Å². The lowest BCUT2D eigenvalue weighted by molar-refractivity contribution is 0.600. The van der Waals surface area contributed by atoms with Gasteiger partial charge in [0.2, 0.25) is 0 Å². The molecule has 0 bridgehead atoms. The van der Waals surface area contributed by atoms with Gasteiger partial charge in [-0.25, -0.2) is 13.4 Å². The van der Waals surface area contributed by atoms with Crippen LogP contribution in [-0.2, 0) is 9.84 Å². The normalized spacial score (nSPS) is 11.3. The van der Waals surface area contributed by atoms with Gasteiger partial charge >= 0.3 is 0 Å². The summed E-state index contributed by atoms with van der Waals surface area (Å²) in [5, 5.41) is 3.08. The van der Waals surface area contributed by atoms with E-state index in [-0.39, 0.29) is 5.75 Å². The Hall–Kier alpha value is -1.10. The molecule has 0 saturated heterocycles. The Kier molecular flexibility index (Phi) is 4.08. The molecule has 4 nitrogen and oxygen atoms in total. The van der Waals surface area contributed by atoms with Crippen LogP contribution in [0, 0.1) is 6.92 Å². The molecule has 0 atom stereocenters. The van der Waals surface area contributed by atoms with Crippen LogP contribution in [0.4, 0.5) is 5.82 Å². The second kappa shape index (κ2) is 5.11. The minimum absolute atomic E-state index is 0.214. The molecule has 1 heterocycles. The van der Waals surface area contributed by atoms with Crippen molar-refractivity contribution in [3.8, 4) is 0 Å².